The van der Waals surface area contributed by atoms with E-state index in [0.717, 1.165) is 49.4 Å². The number of primary amides is 1. The van der Waals surface area contributed by atoms with Gasteiger partial charge in [-0.2, -0.15) is 0 Å². The number of aryl methyl sites for hydroxylation is 1. The summed E-state index contributed by atoms with van der Waals surface area (Å²) in [6.45, 7) is 11.9. The highest BCUT2D eigenvalue weighted by atomic mass is 16.6. The van der Waals surface area contributed by atoms with Crippen LogP contribution in [0.1, 0.15) is 58.1 Å². The van der Waals surface area contributed by atoms with Crippen molar-refractivity contribution in [1.82, 2.24) is 4.90 Å². The van der Waals surface area contributed by atoms with Crippen LogP contribution in [-0.4, -0.2) is 36.7 Å². The minimum atomic E-state index is -0.705. The average molecular weight is 463 g/mol. The molecule has 34 heavy (non-hydrogen) atoms. The number of nitrogens with two attached hydrogens (primary N) is 1. The average Bonchev–Trinajstić information content (AvgIpc) is 2.81. The van der Waals surface area contributed by atoms with Crippen LogP contribution in [0.15, 0.2) is 42.5 Å². The second-order valence-electron chi connectivity index (χ2n) is 11.3. The molecule has 3 aliphatic heterocycles. The summed E-state index contributed by atoms with van der Waals surface area (Å²) < 4.78 is 12.1. The molecule has 1 aliphatic carbocycles. The van der Waals surface area contributed by atoms with Gasteiger partial charge in [-0.05, 0) is 92.9 Å². The van der Waals surface area contributed by atoms with Crippen molar-refractivity contribution < 1.29 is 14.3 Å². The largest absolute Gasteiger partial charge is 0.491 e. The number of fused-ring (bicyclic) bond motifs is 4. The fourth-order valence-corrected chi connectivity index (χ4v) is 6.89. The number of rotatable bonds is 5. The highest BCUT2D eigenvalue weighted by molar-refractivity contribution is 5.68. The molecule has 0 saturated carbocycles. The number of carbonyl (C=O) groups is 1. The van der Waals surface area contributed by atoms with Crippen LogP contribution in [0.5, 0.6) is 5.75 Å². The zero-order valence-electron chi connectivity index (χ0n) is 21.0. The maximum atomic E-state index is 12.4. The Morgan fingerprint density at radius 2 is 1.74 bits per heavy atom. The van der Waals surface area contributed by atoms with E-state index in [1.165, 1.54) is 24.0 Å². The maximum absolute atomic E-state index is 12.4. The molecule has 0 spiro atoms. The van der Waals surface area contributed by atoms with E-state index < -0.39 is 11.7 Å². The first kappa shape index (κ1) is 23.2. The predicted octanol–water partition coefficient (Wildman–Crippen LogP) is 5.75. The van der Waals surface area contributed by atoms with Crippen molar-refractivity contribution >= 4 is 6.09 Å². The van der Waals surface area contributed by atoms with Gasteiger partial charge < -0.3 is 20.1 Å². The van der Waals surface area contributed by atoms with Gasteiger partial charge in [0.2, 0.25) is 0 Å². The van der Waals surface area contributed by atoms with Crippen molar-refractivity contribution in [1.29, 1.82) is 0 Å². The SMILES string of the molecule is CC(C)Oc1ccc(-c2ccc3c(c2)CCC(C)(C)[C@]3(OC(N)=O)[C@@H]2CN3CCC2CC3)cc1. The quantitative estimate of drug-likeness (QED) is 0.615. The molecule has 182 valence electrons. The Kier molecular flexibility index (Phi) is 5.87. The molecule has 3 heterocycles. The molecule has 0 aromatic heterocycles. The first-order chi connectivity index (χ1) is 16.2. The summed E-state index contributed by atoms with van der Waals surface area (Å²) in [6, 6.07) is 15.0. The summed E-state index contributed by atoms with van der Waals surface area (Å²) in [5, 5.41) is 0. The van der Waals surface area contributed by atoms with Crippen LogP contribution < -0.4 is 10.5 Å². The second-order valence-corrected chi connectivity index (χ2v) is 11.3. The summed E-state index contributed by atoms with van der Waals surface area (Å²) in [7, 11) is 0. The van der Waals surface area contributed by atoms with E-state index in [2.05, 4.69) is 49.1 Å². The van der Waals surface area contributed by atoms with Crippen molar-refractivity contribution in [3.8, 4) is 16.9 Å². The third-order valence-corrected chi connectivity index (χ3v) is 8.53. The Bertz CT molecular complexity index is 1050. The summed E-state index contributed by atoms with van der Waals surface area (Å²) in [5.41, 5.74) is 9.64. The van der Waals surface area contributed by atoms with Gasteiger partial charge in [-0.1, -0.05) is 44.2 Å². The van der Waals surface area contributed by atoms with Gasteiger partial charge in [-0.3, -0.25) is 0 Å². The van der Waals surface area contributed by atoms with E-state index >= 15 is 0 Å². The lowest BCUT2D eigenvalue weighted by Gasteiger charge is -2.59. The number of piperidine rings is 3. The lowest BCUT2D eigenvalue weighted by atomic mass is 9.53. The molecule has 5 heteroatoms. The zero-order valence-corrected chi connectivity index (χ0v) is 21.0. The van der Waals surface area contributed by atoms with Crippen LogP contribution >= 0.6 is 0 Å². The molecule has 2 N–H and O–H groups in total. The summed E-state index contributed by atoms with van der Waals surface area (Å²) >= 11 is 0. The number of amides is 1. The van der Waals surface area contributed by atoms with Crippen molar-refractivity contribution in [2.24, 2.45) is 23.0 Å². The van der Waals surface area contributed by atoms with E-state index in [4.69, 9.17) is 15.2 Å². The molecule has 2 bridgehead atoms. The van der Waals surface area contributed by atoms with Crippen LogP contribution in [0.25, 0.3) is 11.1 Å². The van der Waals surface area contributed by atoms with Gasteiger partial charge in [-0.25, -0.2) is 4.79 Å². The van der Waals surface area contributed by atoms with Crippen molar-refractivity contribution in [2.75, 3.05) is 19.6 Å². The summed E-state index contributed by atoms with van der Waals surface area (Å²) in [6.07, 6.45) is 3.76. The number of carbonyl (C=O) groups excluding carboxylic acids is 1. The molecule has 2 aromatic carbocycles. The van der Waals surface area contributed by atoms with Crippen molar-refractivity contribution in [3.63, 3.8) is 0 Å². The number of hydrogen-bond acceptors (Lipinski definition) is 4. The molecular weight excluding hydrogens is 424 g/mol. The van der Waals surface area contributed by atoms with Crippen LogP contribution in [0, 0.1) is 17.3 Å². The lowest BCUT2D eigenvalue weighted by molar-refractivity contribution is -0.173. The molecule has 6 rings (SSSR count). The molecule has 3 saturated heterocycles. The number of benzene rings is 2. The zero-order chi connectivity index (χ0) is 24.1. The Morgan fingerprint density at radius 1 is 1.06 bits per heavy atom. The van der Waals surface area contributed by atoms with Gasteiger partial charge in [0.05, 0.1) is 6.10 Å². The number of nitrogens with zero attached hydrogens (tertiary/aromatic N) is 1. The Hall–Kier alpha value is -2.53. The molecular formula is C29H38N2O3. The molecule has 0 radical (unpaired) electrons. The standard InChI is InChI=1S/C29H38N2O3/c1-19(2)33-24-8-5-20(6-9-24)22-7-10-25-23(17-22)11-14-28(3,4)29(25,34-27(30)32)26-18-31-15-12-21(26)13-16-31/h5-10,17,19,21,26H,11-16,18H2,1-4H3,(H2,30,32)/t26-,29-/m1/s1. The first-order valence-corrected chi connectivity index (χ1v) is 12.8. The van der Waals surface area contributed by atoms with Gasteiger partial charge in [0.1, 0.15) is 11.4 Å². The lowest BCUT2D eigenvalue weighted by Crippen LogP contribution is -2.62. The fraction of sp³-hybridized carbons (Fsp3) is 0.552. The van der Waals surface area contributed by atoms with Gasteiger partial charge in [-0.15, -0.1) is 0 Å². The molecule has 5 nitrogen and oxygen atoms in total. The van der Waals surface area contributed by atoms with E-state index in [1.54, 1.807) is 0 Å². The highest BCUT2D eigenvalue weighted by Gasteiger charge is 2.60. The molecule has 4 aliphatic rings. The third-order valence-electron chi connectivity index (χ3n) is 8.53. The smallest absolute Gasteiger partial charge is 0.405 e. The minimum absolute atomic E-state index is 0.155. The van der Waals surface area contributed by atoms with Gasteiger partial charge >= 0.3 is 6.09 Å². The molecule has 2 atom stereocenters. The van der Waals surface area contributed by atoms with Crippen LogP contribution in [0.2, 0.25) is 0 Å². The van der Waals surface area contributed by atoms with Crippen LogP contribution in [0.3, 0.4) is 0 Å². The van der Waals surface area contributed by atoms with Crippen molar-refractivity contribution in [2.45, 2.75) is 65.1 Å². The Morgan fingerprint density at radius 3 is 2.32 bits per heavy atom. The van der Waals surface area contributed by atoms with E-state index in [-0.39, 0.29) is 17.4 Å². The molecule has 0 unspecified atom stereocenters. The Balaban J connectivity index is 1.57. The van der Waals surface area contributed by atoms with E-state index in [1.807, 2.05) is 26.0 Å². The number of ether oxygens (including phenoxy) is 2. The van der Waals surface area contributed by atoms with Gasteiger partial charge in [0.25, 0.3) is 0 Å². The summed E-state index contributed by atoms with van der Waals surface area (Å²) in [5.74, 6) is 1.70. The summed E-state index contributed by atoms with van der Waals surface area (Å²) in [4.78, 5) is 14.9. The van der Waals surface area contributed by atoms with E-state index in [9.17, 15) is 4.79 Å². The first-order valence-electron chi connectivity index (χ1n) is 12.8. The topological polar surface area (TPSA) is 64.8 Å². The monoisotopic (exact) mass is 462 g/mol. The third kappa shape index (κ3) is 3.88. The van der Waals surface area contributed by atoms with Crippen molar-refractivity contribution in [3.05, 3.63) is 53.6 Å². The molecule has 2 aromatic rings. The predicted molar refractivity (Wildman–Crippen MR) is 135 cm³/mol. The Labute approximate surface area is 203 Å². The number of hydrogen-bond donors (Lipinski definition) is 1. The maximum Gasteiger partial charge on any atom is 0.405 e. The van der Waals surface area contributed by atoms with Crippen LogP contribution in [-0.2, 0) is 16.8 Å². The normalized spacial score (nSPS) is 29.5. The van der Waals surface area contributed by atoms with E-state index in [0.29, 0.717) is 5.92 Å². The van der Waals surface area contributed by atoms with Crippen LogP contribution in [0.4, 0.5) is 4.79 Å². The van der Waals surface area contributed by atoms with Gasteiger partial charge in [0.15, 0.2) is 0 Å². The molecule has 3 fully saturated rings. The second kappa shape index (κ2) is 8.60. The fourth-order valence-electron chi connectivity index (χ4n) is 6.89. The van der Waals surface area contributed by atoms with Gasteiger partial charge in [0, 0.05) is 17.9 Å². The molecule has 1 amide bonds. The minimum Gasteiger partial charge on any atom is -0.491 e. The highest BCUT2D eigenvalue weighted by Crippen LogP contribution is 2.59.